The van der Waals surface area contributed by atoms with Crippen molar-refractivity contribution in [3.8, 4) is 12.8 Å². The van der Waals surface area contributed by atoms with Gasteiger partial charge in [-0.2, -0.15) is 0 Å². The zero-order chi connectivity index (χ0) is 7.98. The van der Waals surface area contributed by atoms with Gasteiger partial charge in [-0.25, -0.2) is 0 Å². The van der Waals surface area contributed by atoms with Crippen molar-refractivity contribution in [3.05, 3.63) is 12.8 Å². The molecule has 2 nitrogen and oxygen atoms in total. The number of hydrogen-bond acceptors (Lipinski definition) is 1. The average molecular weight is 137 g/mol. The molecule has 54 valence electrons. The first-order chi connectivity index (χ1) is 4.84. The summed E-state index contributed by atoms with van der Waals surface area (Å²) in [6, 6.07) is 0. The minimum absolute atomic E-state index is 0.208. The molecule has 1 fully saturated rings. The first kappa shape index (κ1) is 8.77. The molecule has 0 bridgehead atoms. The Hall–Kier alpha value is -1.23. The Labute approximate surface area is 61.5 Å². The molecule has 0 aromatic rings. The highest BCUT2D eigenvalue weighted by Gasteiger charge is 2.15. The van der Waals surface area contributed by atoms with Crippen LogP contribution in [0.25, 0.3) is 0 Å². The summed E-state index contributed by atoms with van der Waals surface area (Å²) in [7, 11) is 0. The van der Waals surface area contributed by atoms with Gasteiger partial charge in [-0.1, -0.05) is 6.58 Å². The van der Waals surface area contributed by atoms with Crippen molar-refractivity contribution in [2.45, 2.75) is 12.8 Å². The number of rotatable bonds is 1. The number of hydrogen-bond donors (Lipinski definition) is 0. The number of terminal acetylenes is 1. The maximum atomic E-state index is 10.7. The highest BCUT2D eigenvalue weighted by molar-refractivity contribution is 5.78. The van der Waals surface area contributed by atoms with E-state index in [4.69, 9.17) is 0 Å². The smallest absolute Gasteiger partial charge is 0.226 e. The van der Waals surface area contributed by atoms with Crippen LogP contribution in [0.2, 0.25) is 0 Å². The second-order valence-corrected chi connectivity index (χ2v) is 1.87. The van der Waals surface area contributed by atoms with Crippen molar-refractivity contribution in [2.24, 2.45) is 0 Å². The number of carbonyl (C=O) groups is 1. The third-order valence-corrected chi connectivity index (χ3v) is 1.33. The van der Waals surface area contributed by atoms with Crippen molar-refractivity contribution in [3.63, 3.8) is 0 Å². The molecule has 0 spiro atoms. The molecule has 0 radical (unpaired) electrons. The van der Waals surface area contributed by atoms with Crippen LogP contribution in [0.1, 0.15) is 12.8 Å². The lowest BCUT2D eigenvalue weighted by atomic mass is 10.4. The fourth-order valence-electron chi connectivity index (χ4n) is 0.862. The molecule has 2 heteroatoms. The molecule has 1 aliphatic heterocycles. The van der Waals surface area contributed by atoms with Crippen LogP contribution in [-0.4, -0.2) is 17.4 Å². The molecule has 1 aliphatic rings. The molecule has 0 aliphatic carbocycles. The SMILES string of the molecule is C#C.C=CN1CCCC1=O. The van der Waals surface area contributed by atoms with Gasteiger partial charge in [0.2, 0.25) is 5.91 Å². The molecule has 0 unspecified atom stereocenters. The molecule has 10 heavy (non-hydrogen) atoms. The van der Waals surface area contributed by atoms with E-state index in [2.05, 4.69) is 19.4 Å². The molecule has 0 N–H and O–H groups in total. The zero-order valence-corrected chi connectivity index (χ0v) is 5.92. The van der Waals surface area contributed by atoms with Crippen molar-refractivity contribution in [1.82, 2.24) is 4.90 Å². The average Bonchev–Trinajstić information content (AvgIpc) is 2.39. The zero-order valence-electron chi connectivity index (χ0n) is 5.92. The van der Waals surface area contributed by atoms with Gasteiger partial charge in [0, 0.05) is 13.0 Å². The summed E-state index contributed by atoms with van der Waals surface area (Å²) in [6.07, 6.45) is 11.3. The van der Waals surface area contributed by atoms with E-state index in [1.165, 1.54) is 0 Å². The van der Waals surface area contributed by atoms with E-state index >= 15 is 0 Å². The van der Waals surface area contributed by atoms with Crippen molar-refractivity contribution in [1.29, 1.82) is 0 Å². The first-order valence-corrected chi connectivity index (χ1v) is 3.10. The van der Waals surface area contributed by atoms with Crippen LogP contribution >= 0.6 is 0 Å². The third-order valence-electron chi connectivity index (χ3n) is 1.33. The van der Waals surface area contributed by atoms with E-state index in [0.717, 1.165) is 13.0 Å². The van der Waals surface area contributed by atoms with E-state index in [0.29, 0.717) is 6.42 Å². The van der Waals surface area contributed by atoms with Gasteiger partial charge < -0.3 is 4.90 Å². The number of nitrogens with zero attached hydrogens (tertiary/aromatic N) is 1. The molecule has 1 rings (SSSR count). The molecule has 0 aromatic carbocycles. The monoisotopic (exact) mass is 137 g/mol. The standard InChI is InChI=1S/C6H9NO.C2H2/c1-2-7-5-3-4-6(7)8;1-2/h2H,1,3-5H2;1-2H. The summed E-state index contributed by atoms with van der Waals surface area (Å²) in [5.74, 6) is 0.208. The van der Waals surface area contributed by atoms with Crippen LogP contribution in [0.3, 0.4) is 0 Å². The summed E-state index contributed by atoms with van der Waals surface area (Å²) in [5.41, 5.74) is 0. The quantitative estimate of drug-likeness (QED) is 0.494. The fraction of sp³-hybridized carbons (Fsp3) is 0.375. The van der Waals surface area contributed by atoms with Crippen LogP contribution in [0.5, 0.6) is 0 Å². The van der Waals surface area contributed by atoms with Gasteiger partial charge in [0.05, 0.1) is 0 Å². The van der Waals surface area contributed by atoms with Gasteiger partial charge in [0.15, 0.2) is 0 Å². The van der Waals surface area contributed by atoms with Crippen molar-refractivity contribution in [2.75, 3.05) is 6.54 Å². The van der Waals surface area contributed by atoms with Gasteiger partial charge in [-0.15, -0.1) is 12.8 Å². The summed E-state index contributed by atoms with van der Waals surface area (Å²) in [5, 5.41) is 0. The molecule has 1 amide bonds. The van der Waals surface area contributed by atoms with Crippen LogP contribution in [0.15, 0.2) is 12.8 Å². The van der Waals surface area contributed by atoms with Crippen LogP contribution in [0, 0.1) is 12.8 Å². The molecule has 1 heterocycles. The first-order valence-electron chi connectivity index (χ1n) is 3.10. The molecular formula is C8H11NO. The van der Waals surface area contributed by atoms with Crippen molar-refractivity contribution >= 4 is 5.91 Å². The summed E-state index contributed by atoms with van der Waals surface area (Å²) in [4.78, 5) is 12.3. The van der Waals surface area contributed by atoms with Gasteiger partial charge in [-0.05, 0) is 12.6 Å². The highest BCUT2D eigenvalue weighted by atomic mass is 16.2. The van der Waals surface area contributed by atoms with Crippen LogP contribution in [0.4, 0.5) is 0 Å². The largest absolute Gasteiger partial charge is 0.320 e. The normalized spacial score (nSPS) is 15.8. The van der Waals surface area contributed by atoms with Gasteiger partial charge in [0.1, 0.15) is 0 Å². The van der Waals surface area contributed by atoms with Gasteiger partial charge in [-0.3, -0.25) is 4.79 Å². The Morgan fingerprint density at radius 3 is 2.40 bits per heavy atom. The fourth-order valence-corrected chi connectivity index (χ4v) is 0.862. The highest BCUT2D eigenvalue weighted by Crippen LogP contribution is 2.08. The molecule has 0 saturated carbocycles. The van der Waals surface area contributed by atoms with Gasteiger partial charge >= 0.3 is 0 Å². The van der Waals surface area contributed by atoms with E-state index in [-0.39, 0.29) is 5.91 Å². The van der Waals surface area contributed by atoms with Crippen molar-refractivity contribution < 1.29 is 4.79 Å². The Morgan fingerprint density at radius 2 is 2.20 bits per heavy atom. The minimum atomic E-state index is 0.208. The molecule has 1 saturated heterocycles. The molecule has 0 atom stereocenters. The third kappa shape index (κ3) is 1.94. The lowest BCUT2D eigenvalue weighted by Crippen LogP contribution is -2.16. The van der Waals surface area contributed by atoms with E-state index in [1.807, 2.05) is 0 Å². The number of amides is 1. The maximum Gasteiger partial charge on any atom is 0.226 e. The minimum Gasteiger partial charge on any atom is -0.320 e. The second kappa shape index (κ2) is 4.63. The summed E-state index contributed by atoms with van der Waals surface area (Å²) < 4.78 is 0. The summed E-state index contributed by atoms with van der Waals surface area (Å²) >= 11 is 0. The predicted molar refractivity (Wildman–Crippen MR) is 41.0 cm³/mol. The van der Waals surface area contributed by atoms with E-state index in [9.17, 15) is 4.79 Å². The van der Waals surface area contributed by atoms with Crippen LogP contribution in [-0.2, 0) is 4.79 Å². The topological polar surface area (TPSA) is 20.3 Å². The Bertz CT molecular complexity index is 149. The lowest BCUT2D eigenvalue weighted by Gasteiger charge is -2.05. The Morgan fingerprint density at radius 1 is 1.60 bits per heavy atom. The molecular weight excluding hydrogens is 126 g/mol. The van der Waals surface area contributed by atoms with E-state index in [1.54, 1.807) is 11.1 Å². The number of likely N-dealkylation sites (tertiary alicyclic amines) is 1. The van der Waals surface area contributed by atoms with Crippen LogP contribution < -0.4 is 0 Å². The lowest BCUT2D eigenvalue weighted by molar-refractivity contribution is -0.125. The second-order valence-electron chi connectivity index (χ2n) is 1.87. The Kier molecular flexibility index (Phi) is 4.06. The number of carbonyl (C=O) groups excluding carboxylic acids is 1. The molecule has 0 aromatic heterocycles. The maximum absolute atomic E-state index is 10.7. The van der Waals surface area contributed by atoms with Gasteiger partial charge in [0.25, 0.3) is 0 Å². The Balaban J connectivity index is 0.000000371. The summed E-state index contributed by atoms with van der Waals surface area (Å²) in [6.45, 7) is 4.36. The van der Waals surface area contributed by atoms with E-state index < -0.39 is 0 Å². The predicted octanol–water partition coefficient (Wildman–Crippen LogP) is 1.00.